The molecule has 0 amide bonds. The van der Waals surface area contributed by atoms with Crippen LogP contribution in [-0.2, 0) is 18.2 Å². The van der Waals surface area contributed by atoms with Gasteiger partial charge in [-0.1, -0.05) is 19.3 Å². The van der Waals surface area contributed by atoms with Gasteiger partial charge in [0.25, 0.3) is 0 Å². The second-order valence-electron chi connectivity index (χ2n) is 5.75. The maximum absolute atomic E-state index is 6.37. The molecule has 1 aliphatic rings. The van der Waals surface area contributed by atoms with E-state index in [-0.39, 0.29) is 12.1 Å². The number of methoxy groups -OCH3 is 1. The molecule has 2 unspecified atom stereocenters. The molecule has 1 aromatic heterocycles. The lowest BCUT2D eigenvalue weighted by Gasteiger charge is -2.33. The summed E-state index contributed by atoms with van der Waals surface area (Å²) in [5.74, 6) is 0.653. The van der Waals surface area contributed by atoms with E-state index in [1.807, 2.05) is 25.0 Å². The van der Waals surface area contributed by atoms with Crippen LogP contribution in [-0.4, -0.2) is 29.0 Å². The van der Waals surface area contributed by atoms with E-state index in [0.717, 1.165) is 12.8 Å². The van der Waals surface area contributed by atoms with Gasteiger partial charge in [0.2, 0.25) is 0 Å². The normalized spacial score (nSPS) is 20.4. The summed E-state index contributed by atoms with van der Waals surface area (Å²) in [5, 5.41) is 4.19. The van der Waals surface area contributed by atoms with Crippen molar-refractivity contribution in [1.82, 2.24) is 9.78 Å². The number of ether oxygens (including phenoxy) is 1. The van der Waals surface area contributed by atoms with Crippen LogP contribution in [0.15, 0.2) is 12.3 Å². The Morgan fingerprint density at radius 3 is 2.74 bits per heavy atom. The average molecular weight is 265 g/mol. The van der Waals surface area contributed by atoms with Crippen molar-refractivity contribution < 1.29 is 4.74 Å². The number of aryl methyl sites for hydroxylation is 2. The van der Waals surface area contributed by atoms with E-state index in [1.54, 1.807) is 0 Å². The van der Waals surface area contributed by atoms with E-state index in [0.29, 0.717) is 5.92 Å². The standard InChI is InChI=1S/C15H27N3O/c1-18-13(10-11-17-18)8-9-14(16)15(19-2)12-6-4-3-5-7-12/h10-12,14-15H,3-9,16H2,1-2H3. The van der Waals surface area contributed by atoms with Gasteiger partial charge in [-0.3, -0.25) is 4.68 Å². The Bertz CT molecular complexity index is 371. The van der Waals surface area contributed by atoms with Crippen LogP contribution in [0.25, 0.3) is 0 Å². The predicted octanol–water partition coefficient (Wildman–Crippen LogP) is 2.28. The minimum Gasteiger partial charge on any atom is -0.380 e. The minimum absolute atomic E-state index is 0.128. The molecule has 2 N–H and O–H groups in total. The molecule has 0 aromatic carbocycles. The highest BCUT2D eigenvalue weighted by Crippen LogP contribution is 2.29. The van der Waals surface area contributed by atoms with E-state index < -0.39 is 0 Å². The quantitative estimate of drug-likeness (QED) is 0.858. The molecule has 0 spiro atoms. The second kappa shape index (κ2) is 7.06. The Balaban J connectivity index is 1.85. The topological polar surface area (TPSA) is 53.1 Å². The van der Waals surface area contributed by atoms with Crippen molar-refractivity contribution in [3.8, 4) is 0 Å². The predicted molar refractivity (Wildman–Crippen MR) is 76.9 cm³/mol. The minimum atomic E-state index is 0.128. The monoisotopic (exact) mass is 265 g/mol. The molecule has 1 aliphatic carbocycles. The van der Waals surface area contributed by atoms with Crippen LogP contribution in [0.5, 0.6) is 0 Å². The molecule has 0 aliphatic heterocycles. The lowest BCUT2D eigenvalue weighted by molar-refractivity contribution is 0.0159. The molecular formula is C15H27N3O. The lowest BCUT2D eigenvalue weighted by atomic mass is 9.81. The van der Waals surface area contributed by atoms with Crippen LogP contribution in [0.3, 0.4) is 0 Å². The van der Waals surface area contributed by atoms with Gasteiger partial charge >= 0.3 is 0 Å². The van der Waals surface area contributed by atoms with Crippen molar-refractivity contribution in [3.63, 3.8) is 0 Å². The summed E-state index contributed by atoms with van der Waals surface area (Å²) < 4.78 is 7.63. The summed E-state index contributed by atoms with van der Waals surface area (Å²) >= 11 is 0. The van der Waals surface area contributed by atoms with Gasteiger partial charge in [0.1, 0.15) is 0 Å². The first-order valence-electron chi connectivity index (χ1n) is 7.47. The summed E-state index contributed by atoms with van der Waals surface area (Å²) in [6, 6.07) is 2.19. The Kier molecular flexibility index (Phi) is 5.40. The van der Waals surface area contributed by atoms with E-state index in [4.69, 9.17) is 10.5 Å². The molecule has 19 heavy (non-hydrogen) atoms. The molecule has 108 valence electrons. The van der Waals surface area contributed by atoms with Crippen LogP contribution in [0.1, 0.15) is 44.2 Å². The van der Waals surface area contributed by atoms with E-state index in [9.17, 15) is 0 Å². The zero-order chi connectivity index (χ0) is 13.7. The van der Waals surface area contributed by atoms with E-state index >= 15 is 0 Å². The number of rotatable bonds is 6. The number of nitrogens with two attached hydrogens (primary N) is 1. The molecule has 2 atom stereocenters. The lowest BCUT2D eigenvalue weighted by Crippen LogP contribution is -2.42. The fourth-order valence-corrected chi connectivity index (χ4v) is 3.30. The maximum Gasteiger partial charge on any atom is 0.0750 e. The summed E-state index contributed by atoms with van der Waals surface area (Å²) in [7, 11) is 3.79. The fourth-order valence-electron chi connectivity index (χ4n) is 3.30. The molecule has 1 heterocycles. The average Bonchev–Trinajstić information content (AvgIpc) is 2.84. The largest absolute Gasteiger partial charge is 0.380 e. The Morgan fingerprint density at radius 2 is 2.16 bits per heavy atom. The molecule has 0 bridgehead atoms. The summed E-state index contributed by atoms with van der Waals surface area (Å²) in [6.07, 6.45) is 10.6. The van der Waals surface area contributed by atoms with Crippen LogP contribution in [0.2, 0.25) is 0 Å². The zero-order valence-electron chi connectivity index (χ0n) is 12.2. The third-order valence-electron chi connectivity index (χ3n) is 4.46. The smallest absolute Gasteiger partial charge is 0.0750 e. The van der Waals surface area contributed by atoms with Crippen molar-refractivity contribution in [2.45, 2.75) is 57.1 Å². The fraction of sp³-hybridized carbons (Fsp3) is 0.800. The first kappa shape index (κ1) is 14.5. The van der Waals surface area contributed by atoms with Gasteiger partial charge in [-0.25, -0.2) is 0 Å². The van der Waals surface area contributed by atoms with Crippen molar-refractivity contribution >= 4 is 0 Å². The summed E-state index contributed by atoms with van der Waals surface area (Å²) in [5.41, 5.74) is 7.62. The molecule has 4 nitrogen and oxygen atoms in total. The molecule has 4 heteroatoms. The third-order valence-corrected chi connectivity index (χ3v) is 4.46. The molecular weight excluding hydrogens is 238 g/mol. The van der Waals surface area contributed by atoms with E-state index in [2.05, 4.69) is 11.2 Å². The van der Waals surface area contributed by atoms with Gasteiger partial charge < -0.3 is 10.5 Å². The van der Waals surface area contributed by atoms with Crippen molar-refractivity contribution in [2.75, 3.05) is 7.11 Å². The van der Waals surface area contributed by atoms with Crippen LogP contribution in [0, 0.1) is 5.92 Å². The SMILES string of the molecule is COC(C(N)CCc1ccnn1C)C1CCCCC1. The highest BCUT2D eigenvalue weighted by molar-refractivity contribution is 5.01. The third kappa shape index (κ3) is 3.80. The molecule has 0 radical (unpaired) electrons. The van der Waals surface area contributed by atoms with Gasteiger partial charge in [0.15, 0.2) is 0 Å². The van der Waals surface area contributed by atoms with Crippen LogP contribution in [0.4, 0.5) is 0 Å². The second-order valence-corrected chi connectivity index (χ2v) is 5.75. The molecule has 1 saturated carbocycles. The van der Waals surface area contributed by atoms with Gasteiger partial charge in [0, 0.05) is 32.1 Å². The van der Waals surface area contributed by atoms with Gasteiger partial charge in [-0.05, 0) is 37.7 Å². The molecule has 0 saturated heterocycles. The number of hydrogen-bond acceptors (Lipinski definition) is 3. The zero-order valence-corrected chi connectivity index (χ0v) is 12.2. The van der Waals surface area contributed by atoms with Crippen LogP contribution < -0.4 is 5.73 Å². The Morgan fingerprint density at radius 1 is 1.42 bits per heavy atom. The van der Waals surface area contributed by atoms with Gasteiger partial charge in [-0.2, -0.15) is 5.10 Å². The number of nitrogens with zero attached hydrogens (tertiary/aromatic N) is 2. The first-order valence-corrected chi connectivity index (χ1v) is 7.47. The van der Waals surface area contributed by atoms with E-state index in [1.165, 1.54) is 37.8 Å². The maximum atomic E-state index is 6.37. The van der Waals surface area contributed by atoms with Gasteiger partial charge in [-0.15, -0.1) is 0 Å². The highest BCUT2D eigenvalue weighted by atomic mass is 16.5. The Hall–Kier alpha value is -0.870. The van der Waals surface area contributed by atoms with Crippen molar-refractivity contribution in [1.29, 1.82) is 0 Å². The highest BCUT2D eigenvalue weighted by Gasteiger charge is 2.28. The molecule has 1 aromatic rings. The number of hydrogen-bond donors (Lipinski definition) is 1. The summed E-state index contributed by atoms with van der Waals surface area (Å²) in [4.78, 5) is 0. The molecule has 2 rings (SSSR count). The van der Waals surface area contributed by atoms with Crippen LogP contribution >= 0.6 is 0 Å². The Labute approximate surface area is 116 Å². The van der Waals surface area contributed by atoms with Crippen molar-refractivity contribution in [2.24, 2.45) is 18.7 Å². The molecule has 1 fully saturated rings. The van der Waals surface area contributed by atoms with Crippen molar-refractivity contribution in [3.05, 3.63) is 18.0 Å². The first-order chi connectivity index (χ1) is 9.22. The van der Waals surface area contributed by atoms with Gasteiger partial charge in [0.05, 0.1) is 6.10 Å². The number of aromatic nitrogens is 2. The summed E-state index contributed by atoms with van der Waals surface area (Å²) in [6.45, 7) is 0.